The van der Waals surface area contributed by atoms with Gasteiger partial charge >= 0.3 is 0 Å². The van der Waals surface area contributed by atoms with Crippen LogP contribution in [0.15, 0.2) is 0 Å². The number of nitrogens with one attached hydrogen (secondary N) is 1. The van der Waals surface area contributed by atoms with E-state index < -0.39 is 0 Å². The van der Waals surface area contributed by atoms with Gasteiger partial charge < -0.3 is 5.32 Å². The van der Waals surface area contributed by atoms with Crippen molar-refractivity contribution in [2.75, 3.05) is 22.8 Å². The van der Waals surface area contributed by atoms with Gasteiger partial charge in [0.1, 0.15) is 0 Å². The van der Waals surface area contributed by atoms with Crippen LogP contribution in [0.5, 0.6) is 0 Å². The largest absolute Gasteiger partial charge is 0.315 e. The zero-order chi connectivity index (χ0) is 5.54. The third-order valence-corrected chi connectivity index (χ3v) is 1.48. The van der Waals surface area contributed by atoms with Gasteiger partial charge in [0.2, 0.25) is 0 Å². The lowest BCUT2D eigenvalue weighted by Gasteiger charge is -1.94. The molecular formula is C4H10BrClIN. The van der Waals surface area contributed by atoms with Crippen LogP contribution in [-0.2, 0) is 0 Å². The lowest BCUT2D eigenvalue weighted by molar-refractivity contribution is 0.782. The third kappa shape index (κ3) is 10.4. The zero-order valence-electron chi connectivity index (χ0n) is 4.49. The molecule has 0 aliphatic rings. The summed E-state index contributed by atoms with van der Waals surface area (Å²) < 4.78 is 1.20. The number of halogens is 3. The second-order valence-electron chi connectivity index (χ2n) is 1.13. The number of alkyl halides is 2. The van der Waals surface area contributed by atoms with Crippen LogP contribution < -0.4 is 5.32 Å². The SMILES string of the molecule is BrCCNCCI.Cl. The molecule has 8 heavy (non-hydrogen) atoms. The summed E-state index contributed by atoms with van der Waals surface area (Å²) in [5.74, 6) is 0. The van der Waals surface area contributed by atoms with Gasteiger partial charge in [-0.1, -0.05) is 38.5 Å². The van der Waals surface area contributed by atoms with Gasteiger partial charge in [-0.3, -0.25) is 0 Å². The molecule has 0 rings (SSSR count). The van der Waals surface area contributed by atoms with Crippen molar-refractivity contribution in [1.29, 1.82) is 0 Å². The normalized spacial score (nSPS) is 8.25. The van der Waals surface area contributed by atoms with Gasteiger partial charge in [0.15, 0.2) is 0 Å². The van der Waals surface area contributed by atoms with Crippen molar-refractivity contribution in [3.05, 3.63) is 0 Å². The predicted octanol–water partition coefficient (Wildman–Crippen LogP) is 1.83. The lowest BCUT2D eigenvalue weighted by atomic mass is 10.7. The average molecular weight is 314 g/mol. The predicted molar refractivity (Wildman–Crippen MR) is 52.8 cm³/mol. The van der Waals surface area contributed by atoms with E-state index in [1.54, 1.807) is 0 Å². The van der Waals surface area contributed by atoms with E-state index in [2.05, 4.69) is 43.8 Å². The third-order valence-electron chi connectivity index (χ3n) is 0.543. The van der Waals surface area contributed by atoms with E-state index >= 15 is 0 Å². The summed E-state index contributed by atoms with van der Waals surface area (Å²) in [6.07, 6.45) is 0. The first kappa shape index (κ1) is 12.2. The minimum atomic E-state index is 0. The van der Waals surface area contributed by atoms with E-state index in [9.17, 15) is 0 Å². The van der Waals surface area contributed by atoms with Gasteiger partial charge in [0, 0.05) is 22.8 Å². The Morgan fingerprint density at radius 3 is 2.38 bits per heavy atom. The van der Waals surface area contributed by atoms with Crippen LogP contribution in [0.2, 0.25) is 0 Å². The average Bonchev–Trinajstić information content (AvgIpc) is 1.69. The first-order valence-corrected chi connectivity index (χ1v) is 4.89. The molecule has 0 aliphatic carbocycles. The molecule has 0 atom stereocenters. The fourth-order valence-electron chi connectivity index (χ4n) is 0.259. The molecule has 1 nitrogen and oxygen atoms in total. The second-order valence-corrected chi connectivity index (χ2v) is 3.00. The Labute approximate surface area is 78.7 Å². The van der Waals surface area contributed by atoms with E-state index in [4.69, 9.17) is 0 Å². The highest BCUT2D eigenvalue weighted by molar-refractivity contribution is 14.1. The van der Waals surface area contributed by atoms with E-state index in [1.165, 1.54) is 4.43 Å². The molecule has 52 valence electrons. The molecule has 1 N–H and O–H groups in total. The van der Waals surface area contributed by atoms with Gasteiger partial charge in [-0.25, -0.2) is 0 Å². The van der Waals surface area contributed by atoms with Gasteiger partial charge in [0.25, 0.3) is 0 Å². The van der Waals surface area contributed by atoms with Crippen molar-refractivity contribution < 1.29 is 0 Å². The highest BCUT2D eigenvalue weighted by Crippen LogP contribution is 1.77. The number of rotatable bonds is 4. The molecule has 0 radical (unpaired) electrons. The lowest BCUT2D eigenvalue weighted by Crippen LogP contribution is -2.18. The van der Waals surface area contributed by atoms with Crippen LogP contribution in [0.3, 0.4) is 0 Å². The molecule has 0 aliphatic heterocycles. The molecule has 0 saturated heterocycles. The Morgan fingerprint density at radius 2 is 2.00 bits per heavy atom. The minimum absolute atomic E-state index is 0. The van der Waals surface area contributed by atoms with Gasteiger partial charge in [-0.2, -0.15) is 0 Å². The highest BCUT2D eigenvalue weighted by Gasteiger charge is 1.78. The maximum atomic E-state index is 3.31. The van der Waals surface area contributed by atoms with Crippen molar-refractivity contribution in [3.63, 3.8) is 0 Å². The summed E-state index contributed by atoms with van der Waals surface area (Å²) in [6.45, 7) is 2.22. The Balaban J connectivity index is 0. The van der Waals surface area contributed by atoms with Crippen LogP contribution >= 0.6 is 50.9 Å². The maximum Gasteiger partial charge on any atom is 0.0157 e. The molecule has 0 unspecified atom stereocenters. The molecule has 0 aromatic rings. The molecule has 0 aromatic carbocycles. The van der Waals surface area contributed by atoms with E-state index in [0.29, 0.717) is 0 Å². The zero-order valence-corrected chi connectivity index (χ0v) is 9.05. The van der Waals surface area contributed by atoms with E-state index in [1.807, 2.05) is 0 Å². The quantitative estimate of drug-likeness (QED) is 0.474. The second kappa shape index (κ2) is 11.3. The van der Waals surface area contributed by atoms with Crippen LogP contribution in [0.25, 0.3) is 0 Å². The fourth-order valence-corrected chi connectivity index (χ4v) is 0.920. The molecule has 4 heteroatoms. The first-order valence-electron chi connectivity index (χ1n) is 2.24. The summed E-state index contributed by atoms with van der Waals surface area (Å²) >= 11 is 5.66. The highest BCUT2D eigenvalue weighted by atomic mass is 127. The van der Waals surface area contributed by atoms with Crippen LogP contribution in [0.1, 0.15) is 0 Å². The molecule has 0 heterocycles. The molecule has 0 aromatic heterocycles. The van der Waals surface area contributed by atoms with Crippen molar-refractivity contribution in [3.8, 4) is 0 Å². The van der Waals surface area contributed by atoms with Crippen LogP contribution in [0, 0.1) is 0 Å². The van der Waals surface area contributed by atoms with Crippen molar-refractivity contribution in [1.82, 2.24) is 5.32 Å². The van der Waals surface area contributed by atoms with E-state index in [-0.39, 0.29) is 12.4 Å². The smallest absolute Gasteiger partial charge is 0.0157 e. The Bertz CT molecular complexity index is 35.2. The van der Waals surface area contributed by atoms with Gasteiger partial charge in [-0.15, -0.1) is 12.4 Å². The van der Waals surface area contributed by atoms with Crippen molar-refractivity contribution in [2.45, 2.75) is 0 Å². The van der Waals surface area contributed by atoms with Gasteiger partial charge in [-0.05, 0) is 0 Å². The summed E-state index contributed by atoms with van der Waals surface area (Å²) in [6, 6.07) is 0. The first-order chi connectivity index (χ1) is 3.41. The molecule has 0 fully saturated rings. The molecular weight excluding hydrogens is 304 g/mol. The maximum absolute atomic E-state index is 3.31. The minimum Gasteiger partial charge on any atom is -0.315 e. The molecule has 0 bridgehead atoms. The van der Waals surface area contributed by atoms with Crippen molar-refractivity contribution in [2.24, 2.45) is 0 Å². The van der Waals surface area contributed by atoms with Crippen molar-refractivity contribution >= 4 is 50.9 Å². The fraction of sp³-hybridized carbons (Fsp3) is 1.00. The standard InChI is InChI=1S/C4H9BrIN.ClH/c5-1-3-7-4-2-6;/h7H,1-4H2;1H. The topological polar surface area (TPSA) is 12.0 Å². The Morgan fingerprint density at radius 1 is 1.38 bits per heavy atom. The monoisotopic (exact) mass is 313 g/mol. The van der Waals surface area contributed by atoms with Crippen LogP contribution in [-0.4, -0.2) is 22.8 Å². The molecule has 0 saturated carbocycles. The summed E-state index contributed by atoms with van der Waals surface area (Å²) in [5.41, 5.74) is 0. The number of hydrogen-bond donors (Lipinski definition) is 1. The Kier molecular flexibility index (Phi) is 17.2. The summed E-state index contributed by atoms with van der Waals surface area (Å²) in [7, 11) is 0. The summed E-state index contributed by atoms with van der Waals surface area (Å²) in [4.78, 5) is 0. The van der Waals surface area contributed by atoms with Crippen LogP contribution in [0.4, 0.5) is 0 Å². The van der Waals surface area contributed by atoms with Gasteiger partial charge in [0.05, 0.1) is 0 Å². The Hall–Kier alpha value is 1.46. The number of hydrogen-bond acceptors (Lipinski definition) is 1. The van der Waals surface area contributed by atoms with E-state index in [0.717, 1.165) is 18.4 Å². The molecule has 0 amide bonds. The summed E-state index contributed by atoms with van der Waals surface area (Å²) in [5, 5.41) is 4.29. The molecule has 0 spiro atoms.